The fourth-order valence-corrected chi connectivity index (χ4v) is 2.89. The second-order valence-corrected chi connectivity index (χ2v) is 4.55. The Morgan fingerprint density at radius 3 is 2.09 bits per heavy atom. The molecule has 1 heteroatoms. The van der Waals surface area contributed by atoms with Crippen LogP contribution in [0.4, 0.5) is 0 Å². The van der Waals surface area contributed by atoms with Gasteiger partial charge in [0.15, 0.2) is 0 Å². The lowest BCUT2D eigenvalue weighted by Gasteiger charge is -2.51. The molecule has 2 rings (SSSR count). The maximum absolute atomic E-state index is 2.64. The standard InChI is InChI=1S/C10H19N/c1-10-7-3-5-9(11(10)2)6-4-8-10/h9H,3-8H2,1-2H3. The average Bonchev–Trinajstić information content (AvgIpc) is 1.93. The van der Waals surface area contributed by atoms with E-state index in [2.05, 4.69) is 18.9 Å². The van der Waals surface area contributed by atoms with E-state index in [4.69, 9.17) is 0 Å². The minimum atomic E-state index is 0.571. The number of fused-ring (bicyclic) bond motifs is 2. The van der Waals surface area contributed by atoms with Gasteiger partial charge in [-0.3, -0.25) is 4.90 Å². The molecule has 0 amide bonds. The predicted molar refractivity (Wildman–Crippen MR) is 47.7 cm³/mol. The highest BCUT2D eigenvalue weighted by atomic mass is 15.2. The van der Waals surface area contributed by atoms with Gasteiger partial charge in [-0.05, 0) is 39.7 Å². The molecule has 0 aromatic rings. The van der Waals surface area contributed by atoms with Crippen molar-refractivity contribution in [1.29, 1.82) is 0 Å². The van der Waals surface area contributed by atoms with E-state index < -0.39 is 0 Å². The highest BCUT2D eigenvalue weighted by Gasteiger charge is 2.39. The number of hydrogen-bond donors (Lipinski definition) is 0. The van der Waals surface area contributed by atoms with Crippen LogP contribution < -0.4 is 0 Å². The summed E-state index contributed by atoms with van der Waals surface area (Å²) in [6.07, 6.45) is 8.69. The smallest absolute Gasteiger partial charge is 0.0181 e. The maximum atomic E-state index is 2.64. The Bertz CT molecular complexity index is 143. The third-order valence-electron chi connectivity index (χ3n) is 3.90. The van der Waals surface area contributed by atoms with Crippen LogP contribution in [0.1, 0.15) is 45.4 Å². The molecular weight excluding hydrogens is 134 g/mol. The highest BCUT2D eigenvalue weighted by Crippen LogP contribution is 2.40. The summed E-state index contributed by atoms with van der Waals surface area (Å²) in [6, 6.07) is 0.919. The SMILES string of the molecule is CN1C2CCCC1(C)CCC2. The first kappa shape index (κ1) is 7.60. The van der Waals surface area contributed by atoms with Crippen molar-refractivity contribution in [3.8, 4) is 0 Å². The maximum Gasteiger partial charge on any atom is 0.0181 e. The topological polar surface area (TPSA) is 3.24 Å². The minimum absolute atomic E-state index is 0.571. The molecule has 0 aromatic carbocycles. The van der Waals surface area contributed by atoms with Gasteiger partial charge in [-0.2, -0.15) is 0 Å². The van der Waals surface area contributed by atoms with Crippen LogP contribution in [0.3, 0.4) is 0 Å². The molecule has 2 bridgehead atoms. The van der Waals surface area contributed by atoms with Gasteiger partial charge in [0.05, 0.1) is 0 Å². The Kier molecular flexibility index (Phi) is 1.71. The molecular formula is C10H19N. The van der Waals surface area contributed by atoms with Gasteiger partial charge in [0.25, 0.3) is 0 Å². The zero-order chi connectivity index (χ0) is 7.90. The van der Waals surface area contributed by atoms with E-state index in [0.29, 0.717) is 5.54 Å². The van der Waals surface area contributed by atoms with Crippen molar-refractivity contribution in [3.05, 3.63) is 0 Å². The van der Waals surface area contributed by atoms with Crippen molar-refractivity contribution in [3.63, 3.8) is 0 Å². The number of nitrogens with zero attached hydrogens (tertiary/aromatic N) is 1. The van der Waals surface area contributed by atoms with Crippen LogP contribution in [-0.2, 0) is 0 Å². The Balaban J connectivity index is 2.17. The highest BCUT2D eigenvalue weighted by molar-refractivity contribution is 4.96. The van der Waals surface area contributed by atoms with Gasteiger partial charge >= 0.3 is 0 Å². The van der Waals surface area contributed by atoms with Gasteiger partial charge in [0.2, 0.25) is 0 Å². The summed E-state index contributed by atoms with van der Waals surface area (Å²) < 4.78 is 0. The number of hydrogen-bond acceptors (Lipinski definition) is 1. The average molecular weight is 153 g/mol. The summed E-state index contributed by atoms with van der Waals surface area (Å²) in [7, 11) is 2.32. The van der Waals surface area contributed by atoms with Crippen LogP contribution in [0.15, 0.2) is 0 Å². The summed E-state index contributed by atoms with van der Waals surface area (Å²) in [4.78, 5) is 2.64. The third kappa shape index (κ3) is 1.10. The van der Waals surface area contributed by atoms with Gasteiger partial charge in [-0.15, -0.1) is 0 Å². The molecule has 0 saturated carbocycles. The van der Waals surface area contributed by atoms with Crippen LogP contribution in [0.5, 0.6) is 0 Å². The first-order chi connectivity index (χ1) is 5.22. The fourth-order valence-electron chi connectivity index (χ4n) is 2.89. The summed E-state index contributed by atoms with van der Waals surface area (Å²) in [5.41, 5.74) is 0.571. The van der Waals surface area contributed by atoms with Crippen LogP contribution in [0, 0.1) is 0 Å². The molecule has 2 heterocycles. The summed E-state index contributed by atoms with van der Waals surface area (Å²) >= 11 is 0. The second-order valence-electron chi connectivity index (χ2n) is 4.55. The van der Waals surface area contributed by atoms with Crippen molar-refractivity contribution < 1.29 is 0 Å². The van der Waals surface area contributed by atoms with Gasteiger partial charge in [0, 0.05) is 11.6 Å². The fraction of sp³-hybridized carbons (Fsp3) is 1.00. The molecule has 0 unspecified atom stereocenters. The third-order valence-corrected chi connectivity index (χ3v) is 3.90. The van der Waals surface area contributed by atoms with E-state index in [-0.39, 0.29) is 0 Å². The van der Waals surface area contributed by atoms with Crippen LogP contribution in [-0.4, -0.2) is 23.5 Å². The lowest BCUT2D eigenvalue weighted by molar-refractivity contribution is -0.00532. The molecule has 0 radical (unpaired) electrons. The van der Waals surface area contributed by atoms with Gasteiger partial charge < -0.3 is 0 Å². The van der Waals surface area contributed by atoms with Gasteiger partial charge in [-0.1, -0.05) is 12.8 Å². The first-order valence-electron chi connectivity index (χ1n) is 4.95. The van der Waals surface area contributed by atoms with Gasteiger partial charge in [-0.25, -0.2) is 0 Å². The van der Waals surface area contributed by atoms with E-state index in [1.54, 1.807) is 0 Å². The normalized spacial score (nSPS) is 45.8. The molecule has 1 nitrogen and oxygen atoms in total. The molecule has 2 aliphatic rings. The van der Waals surface area contributed by atoms with E-state index in [1.165, 1.54) is 38.5 Å². The van der Waals surface area contributed by atoms with Crippen LogP contribution in [0.2, 0.25) is 0 Å². The molecule has 0 aliphatic carbocycles. The van der Waals surface area contributed by atoms with Crippen molar-refractivity contribution in [2.75, 3.05) is 7.05 Å². The summed E-state index contributed by atoms with van der Waals surface area (Å²) in [5.74, 6) is 0. The quantitative estimate of drug-likeness (QED) is 0.516. The number of rotatable bonds is 0. The zero-order valence-corrected chi connectivity index (χ0v) is 7.77. The Labute approximate surface area is 69.8 Å². The van der Waals surface area contributed by atoms with Crippen molar-refractivity contribution in [2.45, 2.75) is 57.0 Å². The van der Waals surface area contributed by atoms with E-state index in [0.717, 1.165) is 6.04 Å². The summed E-state index contributed by atoms with van der Waals surface area (Å²) in [5, 5.41) is 0. The molecule has 11 heavy (non-hydrogen) atoms. The molecule has 2 aliphatic heterocycles. The lowest BCUT2D eigenvalue weighted by Crippen LogP contribution is -2.55. The molecule has 0 N–H and O–H groups in total. The molecule has 0 atom stereocenters. The summed E-state index contributed by atoms with van der Waals surface area (Å²) in [6.45, 7) is 2.44. The Morgan fingerprint density at radius 2 is 1.73 bits per heavy atom. The second kappa shape index (κ2) is 2.48. The largest absolute Gasteiger partial charge is 0.298 e. The monoisotopic (exact) mass is 153 g/mol. The van der Waals surface area contributed by atoms with E-state index in [9.17, 15) is 0 Å². The Morgan fingerprint density at radius 1 is 1.18 bits per heavy atom. The molecule has 64 valence electrons. The minimum Gasteiger partial charge on any atom is -0.298 e. The van der Waals surface area contributed by atoms with Crippen molar-refractivity contribution >= 4 is 0 Å². The lowest BCUT2D eigenvalue weighted by atomic mass is 9.76. The zero-order valence-electron chi connectivity index (χ0n) is 7.77. The van der Waals surface area contributed by atoms with E-state index in [1.807, 2.05) is 0 Å². The molecule has 2 fully saturated rings. The number of piperidine rings is 2. The molecule has 2 saturated heterocycles. The van der Waals surface area contributed by atoms with Crippen LogP contribution >= 0.6 is 0 Å². The van der Waals surface area contributed by atoms with Crippen molar-refractivity contribution in [1.82, 2.24) is 4.90 Å². The van der Waals surface area contributed by atoms with Crippen LogP contribution in [0.25, 0.3) is 0 Å². The molecule has 0 spiro atoms. The predicted octanol–water partition coefficient (Wildman–Crippen LogP) is 2.41. The molecule has 0 aromatic heterocycles. The first-order valence-corrected chi connectivity index (χ1v) is 4.95. The van der Waals surface area contributed by atoms with E-state index >= 15 is 0 Å². The van der Waals surface area contributed by atoms with Crippen molar-refractivity contribution in [2.24, 2.45) is 0 Å². The Hall–Kier alpha value is -0.0400. The van der Waals surface area contributed by atoms with Gasteiger partial charge in [0.1, 0.15) is 0 Å².